The summed E-state index contributed by atoms with van der Waals surface area (Å²) >= 11 is 1.67. The van der Waals surface area contributed by atoms with Gasteiger partial charge in [-0.2, -0.15) is 11.8 Å². The minimum absolute atomic E-state index is 0.0577. The van der Waals surface area contributed by atoms with Crippen molar-refractivity contribution in [3.8, 4) is 0 Å². The molecule has 1 aromatic carbocycles. The van der Waals surface area contributed by atoms with Crippen molar-refractivity contribution in [2.45, 2.75) is 128 Å². The van der Waals surface area contributed by atoms with Crippen molar-refractivity contribution >= 4 is 29.5 Å². The lowest BCUT2D eigenvalue weighted by atomic mass is 9.91. The summed E-state index contributed by atoms with van der Waals surface area (Å²) in [5.74, 6) is 0.436. The highest BCUT2D eigenvalue weighted by Gasteiger charge is 2.39. The van der Waals surface area contributed by atoms with Gasteiger partial charge in [0.1, 0.15) is 19.0 Å². The Morgan fingerprint density at radius 3 is 2.19 bits per heavy atom. The van der Waals surface area contributed by atoms with E-state index in [2.05, 4.69) is 6.92 Å². The molecule has 0 aliphatic heterocycles. The molecular formula is C38H60O8S. The number of hydrogen-bond donors (Lipinski definition) is 2. The molecule has 0 saturated heterocycles. The van der Waals surface area contributed by atoms with Crippen molar-refractivity contribution in [1.29, 1.82) is 0 Å². The molecule has 9 heteroatoms. The lowest BCUT2D eigenvalue weighted by Crippen LogP contribution is -2.20. The fourth-order valence-corrected chi connectivity index (χ4v) is 6.99. The van der Waals surface area contributed by atoms with Crippen molar-refractivity contribution in [2.75, 3.05) is 31.8 Å². The summed E-state index contributed by atoms with van der Waals surface area (Å²) in [6.07, 6.45) is 16.8. The van der Waals surface area contributed by atoms with Crippen LogP contribution in [0.15, 0.2) is 36.4 Å². The van der Waals surface area contributed by atoms with Crippen LogP contribution in [0, 0.1) is 11.8 Å². The Bertz CT molecular complexity index is 1040. The van der Waals surface area contributed by atoms with Gasteiger partial charge in [-0.15, -0.1) is 0 Å². The number of carbonyl (C=O) groups excluding carboxylic acids is 3. The molecule has 2 N–H and O–H groups in total. The number of unbranched alkanes of at least 4 members (excludes halogenated alkanes) is 9. The first kappa shape index (κ1) is 41.0. The van der Waals surface area contributed by atoms with E-state index < -0.39 is 12.2 Å². The number of rotatable bonds is 27. The van der Waals surface area contributed by atoms with E-state index in [0.717, 1.165) is 41.9 Å². The molecule has 0 bridgehead atoms. The maximum Gasteiger partial charge on any atom is 0.305 e. The van der Waals surface area contributed by atoms with Crippen LogP contribution in [0.1, 0.15) is 114 Å². The van der Waals surface area contributed by atoms with Crippen molar-refractivity contribution in [3.05, 3.63) is 47.5 Å². The molecule has 1 aliphatic rings. The van der Waals surface area contributed by atoms with E-state index in [9.17, 15) is 24.6 Å². The first-order valence-electron chi connectivity index (χ1n) is 17.9. The van der Waals surface area contributed by atoms with E-state index in [-0.39, 0.29) is 55.6 Å². The maximum atomic E-state index is 12.6. The number of ether oxygens (including phenoxy) is 3. The summed E-state index contributed by atoms with van der Waals surface area (Å²) in [5, 5.41) is 21.1. The first-order chi connectivity index (χ1) is 22.8. The minimum atomic E-state index is -0.736. The number of aliphatic hydroxyl groups excluding tert-OH is 2. The summed E-state index contributed by atoms with van der Waals surface area (Å²) in [4.78, 5) is 36.5. The Labute approximate surface area is 287 Å². The quantitative estimate of drug-likeness (QED) is 0.0568. The molecule has 0 spiro atoms. The number of benzene rings is 1. The summed E-state index contributed by atoms with van der Waals surface area (Å²) in [5.41, 5.74) is 2.04. The second kappa shape index (κ2) is 25.8. The van der Waals surface area contributed by atoms with Crippen molar-refractivity contribution in [3.63, 3.8) is 0 Å². The van der Waals surface area contributed by atoms with Crippen LogP contribution < -0.4 is 0 Å². The van der Waals surface area contributed by atoms with Gasteiger partial charge < -0.3 is 24.4 Å². The summed E-state index contributed by atoms with van der Waals surface area (Å²) < 4.78 is 15.6. The summed E-state index contributed by atoms with van der Waals surface area (Å²) in [6.45, 7) is 2.91. The zero-order valence-electron chi connectivity index (χ0n) is 28.9. The van der Waals surface area contributed by atoms with Gasteiger partial charge in [0.15, 0.2) is 0 Å². The minimum Gasteiger partial charge on any atom is -0.462 e. The molecule has 0 heterocycles. The van der Waals surface area contributed by atoms with Crippen LogP contribution in [0.5, 0.6) is 0 Å². The fourth-order valence-electron chi connectivity index (χ4n) is 6.01. The molecule has 2 rings (SSSR count). The molecule has 1 saturated carbocycles. The molecule has 0 radical (unpaired) electrons. The molecule has 0 unspecified atom stereocenters. The standard InChI is InChI=1S/C38H60O8S/c1-3-4-5-6-7-8-9-10-11-12-17-37(42)45-22-23-46-38(43)18-14-24-47-25-21-34-33(35(40)28-36(34)41)20-19-32(39)27-30-15-13-16-31(26-30)29-44-2/h13,15-16,19-20,26,32-35,39-40H,3-12,14,17-18,21-25,27-29H2,1-2H3/b20-19+/t32-,33-,34-,35-/m1/s1. The normalized spacial score (nSPS) is 18.6. The topological polar surface area (TPSA) is 119 Å². The van der Waals surface area contributed by atoms with E-state index in [4.69, 9.17) is 14.2 Å². The van der Waals surface area contributed by atoms with Crippen molar-refractivity contribution in [1.82, 2.24) is 0 Å². The highest BCUT2D eigenvalue weighted by Crippen LogP contribution is 2.34. The molecule has 1 fully saturated rings. The number of esters is 2. The Morgan fingerprint density at radius 2 is 1.53 bits per heavy atom. The Balaban J connectivity index is 1.51. The zero-order chi connectivity index (χ0) is 34.1. The molecular weight excluding hydrogens is 616 g/mol. The molecule has 1 aromatic rings. The van der Waals surface area contributed by atoms with Gasteiger partial charge in [-0.05, 0) is 41.9 Å². The van der Waals surface area contributed by atoms with Crippen LogP contribution in [-0.4, -0.2) is 72.0 Å². The SMILES string of the molecule is CCCCCCCCCCCCC(=O)OCCOC(=O)CCCSCC[C@H]1C(=O)C[C@@H](O)[C@@H]1/C=C/[C@@H](O)Cc1cccc(COC)c1. The highest BCUT2D eigenvalue weighted by molar-refractivity contribution is 7.99. The smallest absolute Gasteiger partial charge is 0.305 e. The van der Waals surface area contributed by atoms with Gasteiger partial charge in [0, 0.05) is 44.6 Å². The number of methoxy groups -OCH3 is 1. The average Bonchev–Trinajstić information content (AvgIpc) is 3.32. The summed E-state index contributed by atoms with van der Waals surface area (Å²) in [7, 11) is 1.65. The maximum absolute atomic E-state index is 12.6. The van der Waals surface area contributed by atoms with E-state index in [1.54, 1.807) is 31.0 Å². The average molecular weight is 677 g/mol. The van der Waals surface area contributed by atoms with Crippen molar-refractivity contribution in [2.24, 2.45) is 11.8 Å². The third kappa shape index (κ3) is 18.8. The molecule has 8 nitrogen and oxygen atoms in total. The second-order valence-corrected chi connectivity index (χ2v) is 13.9. The molecule has 1 aliphatic carbocycles. The number of hydrogen-bond acceptors (Lipinski definition) is 9. The molecule has 47 heavy (non-hydrogen) atoms. The fraction of sp³-hybridized carbons (Fsp3) is 0.711. The van der Waals surface area contributed by atoms with Gasteiger partial charge in [-0.3, -0.25) is 14.4 Å². The number of thioether (sulfide) groups is 1. The molecule has 0 aromatic heterocycles. The van der Waals surface area contributed by atoms with Crippen LogP contribution in [0.4, 0.5) is 0 Å². The number of Topliss-reactive ketones (excluding diaryl/α,β-unsaturated/α-hetero) is 1. The van der Waals surface area contributed by atoms with E-state index in [0.29, 0.717) is 32.3 Å². The van der Waals surface area contributed by atoms with Gasteiger partial charge in [0.25, 0.3) is 0 Å². The van der Waals surface area contributed by atoms with Crippen LogP contribution in [-0.2, 0) is 41.6 Å². The Kier molecular flexibility index (Phi) is 22.5. The van der Waals surface area contributed by atoms with Gasteiger partial charge in [0.2, 0.25) is 0 Å². The Hall–Kier alpha value is -2.20. The van der Waals surface area contributed by atoms with E-state index in [1.165, 1.54) is 44.9 Å². The van der Waals surface area contributed by atoms with Crippen LogP contribution >= 0.6 is 11.8 Å². The van der Waals surface area contributed by atoms with Gasteiger partial charge in [-0.25, -0.2) is 0 Å². The molecule has 266 valence electrons. The van der Waals surface area contributed by atoms with Gasteiger partial charge in [-0.1, -0.05) is 101 Å². The predicted octanol–water partition coefficient (Wildman–Crippen LogP) is 7.16. The number of aliphatic hydroxyl groups is 2. The van der Waals surface area contributed by atoms with Crippen molar-refractivity contribution < 1.29 is 38.8 Å². The summed E-state index contributed by atoms with van der Waals surface area (Å²) in [6, 6.07) is 7.88. The van der Waals surface area contributed by atoms with E-state index in [1.807, 2.05) is 24.3 Å². The lowest BCUT2D eigenvalue weighted by molar-refractivity contribution is -0.152. The van der Waals surface area contributed by atoms with Crippen LogP contribution in [0.3, 0.4) is 0 Å². The largest absolute Gasteiger partial charge is 0.462 e. The predicted molar refractivity (Wildman–Crippen MR) is 188 cm³/mol. The van der Waals surface area contributed by atoms with Crippen LogP contribution in [0.25, 0.3) is 0 Å². The highest BCUT2D eigenvalue weighted by atomic mass is 32.2. The van der Waals surface area contributed by atoms with Crippen LogP contribution in [0.2, 0.25) is 0 Å². The monoisotopic (exact) mass is 676 g/mol. The first-order valence-corrected chi connectivity index (χ1v) is 19.0. The molecule has 0 amide bonds. The Morgan fingerprint density at radius 1 is 0.915 bits per heavy atom. The molecule has 4 atom stereocenters. The lowest BCUT2D eigenvalue weighted by Gasteiger charge is -2.18. The zero-order valence-corrected chi connectivity index (χ0v) is 29.7. The second-order valence-electron chi connectivity index (χ2n) is 12.7. The van der Waals surface area contributed by atoms with Gasteiger partial charge in [0.05, 0.1) is 18.8 Å². The third-order valence-electron chi connectivity index (χ3n) is 8.62. The van der Waals surface area contributed by atoms with Gasteiger partial charge >= 0.3 is 11.9 Å². The van der Waals surface area contributed by atoms with E-state index >= 15 is 0 Å². The third-order valence-corrected chi connectivity index (χ3v) is 9.72. The number of carbonyl (C=O) groups is 3. The number of ketones is 1.